The predicted octanol–water partition coefficient (Wildman–Crippen LogP) is 1.91. The Morgan fingerprint density at radius 1 is 1.47 bits per heavy atom. The third kappa shape index (κ3) is 3.19. The van der Waals surface area contributed by atoms with Crippen molar-refractivity contribution in [2.24, 2.45) is 0 Å². The molecule has 1 saturated heterocycles. The van der Waals surface area contributed by atoms with Gasteiger partial charge in [-0.3, -0.25) is 0 Å². The lowest BCUT2D eigenvalue weighted by Gasteiger charge is -2.23. The van der Waals surface area contributed by atoms with Crippen LogP contribution in [0.1, 0.15) is 0 Å². The Balaban J connectivity index is 1.84. The van der Waals surface area contributed by atoms with Crippen LogP contribution in [0, 0.1) is 5.82 Å². The van der Waals surface area contributed by atoms with Crippen molar-refractivity contribution in [3.05, 3.63) is 30.1 Å². The summed E-state index contributed by atoms with van der Waals surface area (Å²) >= 11 is 1.51. The molecule has 2 rings (SSSR count). The Hall–Kier alpha value is -0.580. The Bertz CT molecular complexity index is 315. The van der Waals surface area contributed by atoms with Gasteiger partial charge in [0.05, 0.1) is 12.7 Å². The molecule has 0 saturated carbocycles. The van der Waals surface area contributed by atoms with Gasteiger partial charge in [-0.15, -0.1) is 11.8 Å². The predicted molar refractivity (Wildman–Crippen MR) is 59.7 cm³/mol. The summed E-state index contributed by atoms with van der Waals surface area (Å²) in [4.78, 5) is 0.701. The van der Waals surface area contributed by atoms with Crippen molar-refractivity contribution in [1.82, 2.24) is 5.32 Å². The van der Waals surface area contributed by atoms with E-state index in [9.17, 15) is 4.39 Å². The van der Waals surface area contributed by atoms with Gasteiger partial charge in [-0.25, -0.2) is 4.39 Å². The molecule has 1 heterocycles. The van der Waals surface area contributed by atoms with Crippen molar-refractivity contribution in [1.29, 1.82) is 0 Å². The van der Waals surface area contributed by atoms with Crippen molar-refractivity contribution >= 4 is 11.8 Å². The fraction of sp³-hybridized carbons (Fsp3) is 0.455. The van der Waals surface area contributed by atoms with Crippen molar-refractivity contribution in [2.45, 2.75) is 11.0 Å². The molecule has 1 aromatic carbocycles. The summed E-state index contributed by atoms with van der Waals surface area (Å²) in [6, 6.07) is 6.85. The van der Waals surface area contributed by atoms with Gasteiger partial charge in [0.2, 0.25) is 0 Å². The quantitative estimate of drug-likeness (QED) is 0.797. The molecule has 0 aliphatic carbocycles. The summed E-state index contributed by atoms with van der Waals surface area (Å²) in [7, 11) is 0. The summed E-state index contributed by atoms with van der Waals surface area (Å²) in [5, 5.41) is 3.25. The maximum absolute atomic E-state index is 13.3. The zero-order valence-corrected chi connectivity index (χ0v) is 9.23. The van der Waals surface area contributed by atoms with E-state index in [1.54, 1.807) is 12.1 Å². The van der Waals surface area contributed by atoms with E-state index in [-0.39, 0.29) is 11.9 Å². The van der Waals surface area contributed by atoms with Crippen molar-refractivity contribution in [3.63, 3.8) is 0 Å². The molecule has 1 atom stereocenters. The van der Waals surface area contributed by atoms with E-state index in [1.165, 1.54) is 17.8 Å². The molecule has 2 nitrogen and oxygen atoms in total. The first kappa shape index (κ1) is 10.9. The Labute approximate surface area is 93.2 Å². The van der Waals surface area contributed by atoms with E-state index in [4.69, 9.17) is 4.74 Å². The Morgan fingerprint density at radius 2 is 2.33 bits per heavy atom. The van der Waals surface area contributed by atoms with Crippen LogP contribution < -0.4 is 5.32 Å². The number of hydrogen-bond acceptors (Lipinski definition) is 3. The summed E-state index contributed by atoms with van der Waals surface area (Å²) in [5.41, 5.74) is 0. The molecule has 1 unspecified atom stereocenters. The molecule has 0 amide bonds. The average molecular weight is 227 g/mol. The smallest absolute Gasteiger partial charge is 0.136 e. The van der Waals surface area contributed by atoms with Gasteiger partial charge in [0, 0.05) is 23.7 Å². The molecule has 15 heavy (non-hydrogen) atoms. The molecule has 1 N–H and O–H groups in total. The molecule has 1 aliphatic rings. The second-order valence-corrected chi connectivity index (χ2v) is 4.50. The molecule has 82 valence electrons. The van der Waals surface area contributed by atoms with Gasteiger partial charge in [0.1, 0.15) is 5.82 Å². The SMILES string of the molecule is Fc1ccccc1SCC1CNCCO1. The molecule has 1 aliphatic heterocycles. The molecular weight excluding hydrogens is 213 g/mol. The zero-order chi connectivity index (χ0) is 10.5. The minimum Gasteiger partial charge on any atom is -0.375 e. The van der Waals surface area contributed by atoms with Gasteiger partial charge in [0.25, 0.3) is 0 Å². The number of hydrogen-bond donors (Lipinski definition) is 1. The standard InChI is InChI=1S/C11H14FNOS/c12-10-3-1-2-4-11(10)15-8-9-7-13-5-6-14-9/h1-4,9,13H,5-8H2. The number of morpholine rings is 1. The van der Waals surface area contributed by atoms with Crippen LogP contribution in [0.5, 0.6) is 0 Å². The first-order chi connectivity index (χ1) is 7.36. The van der Waals surface area contributed by atoms with Crippen molar-refractivity contribution in [2.75, 3.05) is 25.4 Å². The number of rotatable bonds is 3. The number of nitrogens with one attached hydrogen (secondary N) is 1. The monoisotopic (exact) mass is 227 g/mol. The number of halogens is 1. The molecule has 0 radical (unpaired) electrons. The Morgan fingerprint density at radius 3 is 3.07 bits per heavy atom. The van der Waals surface area contributed by atoms with E-state index in [1.807, 2.05) is 6.07 Å². The van der Waals surface area contributed by atoms with E-state index >= 15 is 0 Å². The molecule has 0 bridgehead atoms. The van der Waals surface area contributed by atoms with Gasteiger partial charge in [-0.05, 0) is 12.1 Å². The molecule has 1 fully saturated rings. The fourth-order valence-corrected chi connectivity index (χ4v) is 2.43. The highest BCUT2D eigenvalue weighted by Crippen LogP contribution is 2.22. The van der Waals surface area contributed by atoms with Gasteiger partial charge >= 0.3 is 0 Å². The lowest BCUT2D eigenvalue weighted by Crippen LogP contribution is -2.39. The van der Waals surface area contributed by atoms with Gasteiger partial charge in [0.15, 0.2) is 0 Å². The molecule has 0 spiro atoms. The van der Waals surface area contributed by atoms with Crippen LogP contribution in [-0.4, -0.2) is 31.6 Å². The van der Waals surface area contributed by atoms with E-state index in [2.05, 4.69) is 5.32 Å². The first-order valence-corrected chi connectivity index (χ1v) is 6.04. The fourth-order valence-electron chi connectivity index (χ4n) is 1.47. The highest BCUT2D eigenvalue weighted by molar-refractivity contribution is 7.99. The minimum atomic E-state index is -0.147. The summed E-state index contributed by atoms with van der Waals surface area (Å²) < 4.78 is 18.8. The van der Waals surface area contributed by atoms with Crippen LogP contribution in [0.25, 0.3) is 0 Å². The molecule has 4 heteroatoms. The minimum absolute atomic E-state index is 0.147. The highest BCUT2D eigenvalue weighted by atomic mass is 32.2. The Kier molecular flexibility index (Phi) is 4.00. The van der Waals surface area contributed by atoms with Gasteiger partial charge in [-0.2, -0.15) is 0 Å². The van der Waals surface area contributed by atoms with Crippen LogP contribution in [0.2, 0.25) is 0 Å². The lowest BCUT2D eigenvalue weighted by atomic mass is 10.3. The van der Waals surface area contributed by atoms with E-state index < -0.39 is 0 Å². The summed E-state index contributed by atoms with van der Waals surface area (Å²) in [5.74, 6) is 0.653. The second kappa shape index (κ2) is 5.49. The van der Waals surface area contributed by atoms with Crippen LogP contribution in [0.4, 0.5) is 4.39 Å². The number of ether oxygens (including phenoxy) is 1. The third-order valence-electron chi connectivity index (χ3n) is 2.27. The maximum Gasteiger partial charge on any atom is 0.136 e. The number of benzene rings is 1. The lowest BCUT2D eigenvalue weighted by molar-refractivity contribution is 0.0441. The number of thioether (sulfide) groups is 1. The van der Waals surface area contributed by atoms with E-state index in [0.717, 1.165) is 25.4 Å². The third-order valence-corrected chi connectivity index (χ3v) is 3.45. The van der Waals surface area contributed by atoms with E-state index in [0.29, 0.717) is 4.90 Å². The summed E-state index contributed by atoms with van der Waals surface area (Å²) in [6.07, 6.45) is 0.198. The maximum atomic E-state index is 13.3. The summed E-state index contributed by atoms with van der Waals surface area (Å²) in [6.45, 7) is 2.53. The first-order valence-electron chi connectivity index (χ1n) is 5.06. The van der Waals surface area contributed by atoms with Gasteiger partial charge < -0.3 is 10.1 Å². The van der Waals surface area contributed by atoms with Crippen molar-refractivity contribution < 1.29 is 9.13 Å². The molecular formula is C11H14FNOS. The molecule has 1 aromatic rings. The van der Waals surface area contributed by atoms with Crippen LogP contribution in [0.3, 0.4) is 0 Å². The van der Waals surface area contributed by atoms with Gasteiger partial charge in [-0.1, -0.05) is 12.1 Å². The van der Waals surface area contributed by atoms with Crippen molar-refractivity contribution in [3.8, 4) is 0 Å². The van der Waals surface area contributed by atoms with Crippen LogP contribution in [-0.2, 0) is 4.74 Å². The van der Waals surface area contributed by atoms with Crippen LogP contribution >= 0.6 is 11.8 Å². The second-order valence-electron chi connectivity index (χ2n) is 3.44. The topological polar surface area (TPSA) is 21.3 Å². The average Bonchev–Trinajstić information content (AvgIpc) is 2.29. The zero-order valence-electron chi connectivity index (χ0n) is 8.41. The molecule has 0 aromatic heterocycles. The largest absolute Gasteiger partial charge is 0.375 e. The van der Waals surface area contributed by atoms with Crippen LogP contribution in [0.15, 0.2) is 29.2 Å². The highest BCUT2D eigenvalue weighted by Gasteiger charge is 2.14. The normalized spacial score (nSPS) is 21.5.